The highest BCUT2D eigenvalue weighted by Gasteiger charge is 2.32. The van der Waals surface area contributed by atoms with Gasteiger partial charge in [0.1, 0.15) is 18.2 Å². The molecule has 0 saturated carbocycles. The molecule has 4 rings (SSSR count). The maximum Gasteiger partial charge on any atom is 0.303 e. The lowest BCUT2D eigenvalue weighted by Gasteiger charge is -2.25. The fourth-order valence-electron chi connectivity index (χ4n) is 4.43. The van der Waals surface area contributed by atoms with Crippen LogP contribution in [-0.4, -0.2) is 46.9 Å². The van der Waals surface area contributed by atoms with Crippen LogP contribution in [-0.2, 0) is 16.0 Å². The Morgan fingerprint density at radius 3 is 2.22 bits per heavy atom. The number of aryl methyl sites for hydroxylation is 1. The molecule has 1 heterocycles. The fraction of sp³-hybridized carbons (Fsp3) is 0.233. The maximum atomic E-state index is 13.0. The number of amidine groups is 1. The van der Waals surface area contributed by atoms with E-state index in [-0.39, 0.29) is 30.6 Å². The Morgan fingerprint density at radius 1 is 0.946 bits per heavy atom. The van der Waals surface area contributed by atoms with Gasteiger partial charge >= 0.3 is 5.97 Å². The monoisotopic (exact) mass is 497 g/mol. The van der Waals surface area contributed by atoms with E-state index in [2.05, 4.69) is 12.1 Å². The summed E-state index contributed by atoms with van der Waals surface area (Å²) >= 11 is 0. The van der Waals surface area contributed by atoms with Gasteiger partial charge in [0.2, 0.25) is 5.91 Å². The number of nitrogens with zero attached hydrogens (tertiary/aromatic N) is 1. The molecule has 0 aliphatic carbocycles. The molecule has 0 fully saturated rings. The summed E-state index contributed by atoms with van der Waals surface area (Å²) in [4.78, 5) is 25.9. The predicted octanol–water partition coefficient (Wildman–Crippen LogP) is 4.65. The van der Waals surface area contributed by atoms with Gasteiger partial charge in [0.05, 0.1) is 6.04 Å². The first-order valence-electron chi connectivity index (χ1n) is 12.4. The number of hydrogen-bond donors (Lipinski definition) is 3. The zero-order chi connectivity index (χ0) is 26.2. The standard InChI is InChI=1S/C30H31N3O4/c31-29(32)24-10-8-22(9-11-24)23-12-15-27(16-13-23)37-20-26-19-25(14-17-28(34)35)30(36)33(26)18-4-7-21-5-2-1-3-6-21/h1-3,5-6,8-13,15-16,19,26H,4,7,14,17-18,20H2,(H3,31,32)(H,34,35). The number of nitrogens with two attached hydrogens (primary N) is 1. The van der Waals surface area contributed by atoms with Crippen molar-refractivity contribution in [2.45, 2.75) is 31.7 Å². The lowest BCUT2D eigenvalue weighted by Crippen LogP contribution is -2.39. The van der Waals surface area contributed by atoms with Crippen LogP contribution in [0.1, 0.15) is 30.4 Å². The van der Waals surface area contributed by atoms with Crippen LogP contribution in [0.25, 0.3) is 11.1 Å². The molecule has 37 heavy (non-hydrogen) atoms. The molecule has 0 aromatic heterocycles. The smallest absolute Gasteiger partial charge is 0.303 e. The lowest BCUT2D eigenvalue weighted by atomic mass is 10.0. The molecule has 3 aromatic rings. The largest absolute Gasteiger partial charge is 0.491 e. The maximum absolute atomic E-state index is 13.0. The molecule has 4 N–H and O–H groups in total. The zero-order valence-corrected chi connectivity index (χ0v) is 20.6. The van der Waals surface area contributed by atoms with E-state index in [9.17, 15) is 9.59 Å². The van der Waals surface area contributed by atoms with Crippen LogP contribution in [0.4, 0.5) is 0 Å². The molecule has 7 nitrogen and oxygen atoms in total. The Balaban J connectivity index is 1.39. The number of carboxylic acid groups (broad SMARTS) is 1. The van der Waals surface area contributed by atoms with E-state index < -0.39 is 5.97 Å². The third kappa shape index (κ3) is 6.85. The second kappa shape index (κ2) is 12.0. The summed E-state index contributed by atoms with van der Waals surface area (Å²) in [6.07, 6.45) is 3.68. The Labute approximate surface area is 216 Å². The van der Waals surface area contributed by atoms with E-state index >= 15 is 0 Å². The summed E-state index contributed by atoms with van der Waals surface area (Å²) in [6, 6.07) is 25.1. The van der Waals surface area contributed by atoms with E-state index in [0.29, 0.717) is 30.0 Å². The van der Waals surface area contributed by atoms with Gasteiger partial charge < -0.3 is 20.5 Å². The van der Waals surface area contributed by atoms with Crippen molar-refractivity contribution >= 4 is 17.7 Å². The van der Waals surface area contributed by atoms with Crippen LogP contribution in [0.15, 0.2) is 90.5 Å². The average molecular weight is 498 g/mol. The Bertz CT molecular complexity index is 1270. The molecule has 1 atom stereocenters. The third-order valence-corrected chi connectivity index (χ3v) is 6.45. The number of hydrogen-bond acceptors (Lipinski definition) is 4. The molecule has 1 amide bonds. The Morgan fingerprint density at radius 2 is 1.59 bits per heavy atom. The normalized spacial score (nSPS) is 14.9. The molecular formula is C30H31N3O4. The van der Waals surface area contributed by atoms with Crippen LogP contribution in [0.3, 0.4) is 0 Å². The zero-order valence-electron chi connectivity index (χ0n) is 20.6. The average Bonchev–Trinajstić information content (AvgIpc) is 3.21. The van der Waals surface area contributed by atoms with Crippen molar-refractivity contribution in [1.29, 1.82) is 5.41 Å². The third-order valence-electron chi connectivity index (χ3n) is 6.45. The SMILES string of the molecule is N=C(N)c1ccc(-c2ccc(OCC3C=C(CCC(=O)O)C(=O)N3CCCc3ccccc3)cc2)cc1. The van der Waals surface area contributed by atoms with Crippen molar-refractivity contribution in [2.24, 2.45) is 5.73 Å². The van der Waals surface area contributed by atoms with Gasteiger partial charge in [-0.25, -0.2) is 0 Å². The summed E-state index contributed by atoms with van der Waals surface area (Å²) in [5.74, 6) is -0.296. The molecule has 7 heteroatoms. The van der Waals surface area contributed by atoms with E-state index in [1.54, 1.807) is 4.90 Å². The van der Waals surface area contributed by atoms with Crippen molar-refractivity contribution in [1.82, 2.24) is 4.90 Å². The summed E-state index contributed by atoms with van der Waals surface area (Å²) in [5, 5.41) is 16.6. The van der Waals surface area contributed by atoms with Gasteiger partial charge in [-0.05, 0) is 54.2 Å². The van der Waals surface area contributed by atoms with Crippen LogP contribution in [0.5, 0.6) is 5.75 Å². The van der Waals surface area contributed by atoms with E-state index in [1.165, 1.54) is 5.56 Å². The number of carbonyl (C=O) groups is 2. The lowest BCUT2D eigenvalue weighted by molar-refractivity contribution is -0.137. The second-order valence-corrected chi connectivity index (χ2v) is 9.07. The van der Waals surface area contributed by atoms with Gasteiger partial charge in [0.15, 0.2) is 0 Å². The first-order chi connectivity index (χ1) is 17.9. The highest BCUT2D eigenvalue weighted by molar-refractivity contribution is 5.97. The summed E-state index contributed by atoms with van der Waals surface area (Å²) in [6.45, 7) is 0.865. The molecular weight excluding hydrogens is 466 g/mol. The summed E-state index contributed by atoms with van der Waals surface area (Å²) < 4.78 is 6.05. The number of aliphatic carboxylic acids is 1. The number of carbonyl (C=O) groups excluding carboxylic acids is 1. The number of ether oxygens (including phenoxy) is 1. The Kier molecular flexibility index (Phi) is 8.36. The Hall–Kier alpha value is -4.39. The highest BCUT2D eigenvalue weighted by atomic mass is 16.5. The minimum atomic E-state index is -0.917. The first kappa shape index (κ1) is 25.7. The molecule has 0 saturated heterocycles. The predicted molar refractivity (Wildman–Crippen MR) is 144 cm³/mol. The van der Waals surface area contributed by atoms with E-state index in [0.717, 1.165) is 24.0 Å². The van der Waals surface area contributed by atoms with Gasteiger partial charge in [0.25, 0.3) is 0 Å². The highest BCUT2D eigenvalue weighted by Crippen LogP contribution is 2.26. The van der Waals surface area contributed by atoms with Gasteiger partial charge in [-0.3, -0.25) is 15.0 Å². The van der Waals surface area contributed by atoms with Crippen molar-refractivity contribution in [2.75, 3.05) is 13.2 Å². The van der Waals surface area contributed by atoms with Crippen molar-refractivity contribution < 1.29 is 19.4 Å². The van der Waals surface area contributed by atoms with Gasteiger partial charge in [-0.15, -0.1) is 0 Å². The van der Waals surface area contributed by atoms with Gasteiger partial charge in [0, 0.05) is 24.1 Å². The second-order valence-electron chi connectivity index (χ2n) is 9.07. The fourth-order valence-corrected chi connectivity index (χ4v) is 4.43. The topological polar surface area (TPSA) is 117 Å². The van der Waals surface area contributed by atoms with Gasteiger partial charge in [-0.2, -0.15) is 0 Å². The number of benzene rings is 3. The van der Waals surface area contributed by atoms with Gasteiger partial charge in [-0.1, -0.05) is 66.7 Å². The molecule has 3 aromatic carbocycles. The van der Waals surface area contributed by atoms with Crippen LogP contribution in [0.2, 0.25) is 0 Å². The number of nitrogens with one attached hydrogen (secondary N) is 1. The molecule has 1 unspecified atom stereocenters. The van der Waals surface area contributed by atoms with Crippen LogP contribution >= 0.6 is 0 Å². The van der Waals surface area contributed by atoms with Crippen molar-refractivity contribution in [3.63, 3.8) is 0 Å². The number of nitrogen functional groups attached to an aromatic ring is 1. The van der Waals surface area contributed by atoms with Crippen LogP contribution < -0.4 is 10.5 Å². The molecule has 190 valence electrons. The van der Waals surface area contributed by atoms with Crippen molar-refractivity contribution in [3.8, 4) is 16.9 Å². The molecule has 0 radical (unpaired) electrons. The van der Waals surface area contributed by atoms with Crippen molar-refractivity contribution in [3.05, 3.63) is 102 Å². The number of carboxylic acids is 1. The molecule has 0 bridgehead atoms. The summed E-state index contributed by atoms with van der Waals surface area (Å²) in [7, 11) is 0. The minimum absolute atomic E-state index is 0.0370. The molecule has 1 aliphatic rings. The summed E-state index contributed by atoms with van der Waals surface area (Å²) in [5.41, 5.74) is 9.99. The minimum Gasteiger partial charge on any atom is -0.491 e. The first-order valence-corrected chi connectivity index (χ1v) is 12.4. The number of rotatable bonds is 12. The van der Waals surface area contributed by atoms with E-state index in [1.807, 2.05) is 72.8 Å². The number of amides is 1. The van der Waals surface area contributed by atoms with E-state index in [4.69, 9.17) is 21.0 Å². The molecule has 1 aliphatic heterocycles. The molecule has 0 spiro atoms. The van der Waals surface area contributed by atoms with Crippen LogP contribution in [0, 0.1) is 5.41 Å². The quantitative estimate of drug-likeness (QED) is 0.249.